The van der Waals surface area contributed by atoms with Crippen LogP contribution in [-0.2, 0) is 9.13 Å². The normalized spacial score (nSPS) is 12.2. The molecule has 59 heavy (non-hydrogen) atoms. The van der Waals surface area contributed by atoms with Crippen LogP contribution in [0.2, 0.25) is 0 Å². The van der Waals surface area contributed by atoms with Crippen molar-refractivity contribution in [2.45, 2.75) is 25.7 Å². The molecule has 8 heteroatoms. The lowest BCUT2D eigenvalue weighted by atomic mass is 10.1. The highest BCUT2D eigenvalue weighted by Crippen LogP contribution is 2.46. The molecular formula is C51H47N3O3P2. The van der Waals surface area contributed by atoms with E-state index in [1.807, 2.05) is 146 Å². The van der Waals surface area contributed by atoms with Crippen molar-refractivity contribution in [3.63, 3.8) is 0 Å². The summed E-state index contributed by atoms with van der Waals surface area (Å²) in [6.45, 7) is 1.43. The Balaban J connectivity index is 1.25. The number of rotatable bonds is 16. The van der Waals surface area contributed by atoms with E-state index in [4.69, 9.17) is 4.74 Å². The van der Waals surface area contributed by atoms with Gasteiger partial charge in [-0.2, -0.15) is 0 Å². The van der Waals surface area contributed by atoms with E-state index < -0.39 is 14.3 Å². The minimum atomic E-state index is -3.30. The Kier molecular flexibility index (Phi) is 12.3. The second-order valence-electron chi connectivity index (χ2n) is 14.5. The maximum Gasteiger partial charge on any atom is 0.171 e. The lowest BCUT2D eigenvalue weighted by molar-refractivity contribution is 0.305. The highest BCUT2D eigenvalue weighted by Gasteiger charge is 2.32. The van der Waals surface area contributed by atoms with E-state index in [-0.39, 0.29) is 0 Å². The van der Waals surface area contributed by atoms with Crippen LogP contribution in [0.5, 0.6) is 5.75 Å². The Hall–Kier alpha value is -6.06. The summed E-state index contributed by atoms with van der Waals surface area (Å²) in [4.78, 5) is 8.28. The van der Waals surface area contributed by atoms with Gasteiger partial charge in [-0.15, -0.1) is 0 Å². The van der Waals surface area contributed by atoms with Crippen LogP contribution >= 0.6 is 14.3 Å². The highest BCUT2D eigenvalue weighted by molar-refractivity contribution is 7.85. The van der Waals surface area contributed by atoms with Crippen molar-refractivity contribution in [3.05, 3.63) is 182 Å². The molecule has 0 saturated carbocycles. The lowest BCUT2D eigenvalue weighted by Gasteiger charge is -2.20. The predicted octanol–water partition coefficient (Wildman–Crippen LogP) is 9.77. The summed E-state index contributed by atoms with van der Waals surface area (Å²) in [5.74, 6) is 0.796. The molecule has 1 heterocycles. The maximum absolute atomic E-state index is 15.7. The molecule has 0 aliphatic carbocycles. The lowest BCUT2D eigenvalue weighted by Crippen LogP contribution is -2.25. The summed E-state index contributed by atoms with van der Waals surface area (Å²) in [5.41, 5.74) is 2.85. The van der Waals surface area contributed by atoms with Crippen molar-refractivity contribution in [3.8, 4) is 11.4 Å². The van der Waals surface area contributed by atoms with Crippen LogP contribution in [0.1, 0.15) is 25.7 Å². The van der Waals surface area contributed by atoms with E-state index >= 15 is 9.13 Å². The number of hydrogen-bond acceptors (Lipinski definition) is 5. The topological polar surface area (TPSA) is 73.0 Å². The van der Waals surface area contributed by atoms with Crippen molar-refractivity contribution in [1.29, 1.82) is 0 Å². The molecule has 0 spiro atoms. The first-order valence-corrected chi connectivity index (χ1v) is 23.6. The molecule has 0 saturated heterocycles. The Bertz CT molecular complexity index is 2580. The van der Waals surface area contributed by atoms with Gasteiger partial charge in [0.1, 0.15) is 5.75 Å². The number of ether oxygens (including phenoxy) is 1. The molecule has 0 radical (unpaired) electrons. The number of hydrogen-bond donors (Lipinski definition) is 0. The SMILES string of the molecule is C/N=C/C=N/CCCCCCOc1cccc(-n2c3ccc(P(=O)(c4ccccc4)c4ccccc4)cc3c3cc(P(=O)(c4ccccc4)c4ccccc4)ccc32)c1. The molecule has 0 N–H and O–H groups in total. The van der Waals surface area contributed by atoms with Gasteiger partial charge in [-0.3, -0.25) is 9.98 Å². The van der Waals surface area contributed by atoms with E-state index in [9.17, 15) is 0 Å². The number of nitrogens with zero attached hydrogens (tertiary/aromatic N) is 3. The first-order chi connectivity index (χ1) is 29.0. The zero-order chi connectivity index (χ0) is 40.5. The molecule has 0 atom stereocenters. The minimum absolute atomic E-state index is 0.623. The van der Waals surface area contributed by atoms with E-state index in [0.717, 1.165) is 97.3 Å². The number of unbranched alkanes of at least 4 members (excludes halogenated alkanes) is 3. The molecule has 8 aromatic rings. The Morgan fingerprint density at radius 3 is 1.44 bits per heavy atom. The molecule has 0 bridgehead atoms. The zero-order valence-electron chi connectivity index (χ0n) is 33.2. The second kappa shape index (κ2) is 18.2. The van der Waals surface area contributed by atoms with Crippen LogP contribution in [0, 0.1) is 0 Å². The molecule has 6 nitrogen and oxygen atoms in total. The highest BCUT2D eigenvalue weighted by atomic mass is 31.2. The average Bonchev–Trinajstić information content (AvgIpc) is 3.63. The third-order valence-corrected chi connectivity index (χ3v) is 16.9. The molecule has 8 rings (SSSR count). The smallest absolute Gasteiger partial charge is 0.171 e. The molecule has 0 aliphatic rings. The van der Waals surface area contributed by atoms with Crippen LogP contribution in [0.4, 0.5) is 0 Å². The van der Waals surface area contributed by atoms with Gasteiger partial charge in [0.05, 0.1) is 17.6 Å². The van der Waals surface area contributed by atoms with Crippen LogP contribution in [-0.4, -0.2) is 37.2 Å². The third kappa shape index (κ3) is 8.17. The van der Waals surface area contributed by atoms with Crippen LogP contribution in [0.25, 0.3) is 27.5 Å². The molecule has 7 aromatic carbocycles. The average molecular weight is 812 g/mol. The molecule has 0 unspecified atom stereocenters. The van der Waals surface area contributed by atoms with Crippen molar-refractivity contribution in [1.82, 2.24) is 4.57 Å². The first kappa shape index (κ1) is 39.8. The third-order valence-electron chi connectivity index (χ3n) is 10.8. The van der Waals surface area contributed by atoms with Gasteiger partial charge >= 0.3 is 0 Å². The van der Waals surface area contributed by atoms with Crippen LogP contribution in [0.15, 0.2) is 192 Å². The van der Waals surface area contributed by atoms with E-state index in [1.54, 1.807) is 19.5 Å². The minimum Gasteiger partial charge on any atom is -0.494 e. The number of benzene rings is 7. The predicted molar refractivity (Wildman–Crippen MR) is 251 cm³/mol. The fourth-order valence-corrected chi connectivity index (χ4v) is 13.2. The van der Waals surface area contributed by atoms with E-state index in [2.05, 4.69) is 51.0 Å². The standard InChI is InChI=1S/C51H47N3O3P2/c1-52-34-35-53-33-16-2-3-17-36-57-41-20-18-19-40(37-41)54-50-31-29-46(58(55,42-21-8-4-9-22-42)43-23-10-5-11-24-43)38-48(50)49-39-47(30-32-51(49)54)59(56,44-25-12-6-13-26-44)45-27-14-7-15-28-45/h4-15,18-32,34-35,37-39H,2-3,16-17,33,36H2,1H3/b52-34+,53-35+. The molecule has 294 valence electrons. The van der Waals surface area contributed by atoms with Crippen LogP contribution in [0.3, 0.4) is 0 Å². The number of fused-ring (bicyclic) bond motifs is 3. The Labute approximate surface area is 346 Å². The van der Waals surface area contributed by atoms with Crippen molar-refractivity contribution >= 4 is 80.3 Å². The zero-order valence-corrected chi connectivity index (χ0v) is 35.0. The van der Waals surface area contributed by atoms with E-state index in [1.165, 1.54) is 0 Å². The molecule has 0 amide bonds. The first-order valence-electron chi connectivity index (χ1n) is 20.2. The number of aromatic nitrogens is 1. The summed E-state index contributed by atoms with van der Waals surface area (Å²) < 4.78 is 39.9. The number of aliphatic imine (C=N–C) groups is 2. The summed E-state index contributed by atoms with van der Waals surface area (Å²) in [6.07, 6.45) is 7.63. The van der Waals surface area contributed by atoms with Gasteiger partial charge in [0.2, 0.25) is 0 Å². The van der Waals surface area contributed by atoms with Crippen molar-refractivity contribution in [2.24, 2.45) is 9.98 Å². The summed E-state index contributed by atoms with van der Waals surface area (Å²) in [6, 6.07) is 59.7. The molecule has 1 aromatic heterocycles. The van der Waals surface area contributed by atoms with Crippen LogP contribution < -0.4 is 36.6 Å². The molecule has 0 fully saturated rings. The quantitative estimate of drug-likeness (QED) is 0.0555. The van der Waals surface area contributed by atoms with E-state index in [0.29, 0.717) is 6.61 Å². The molecule has 0 aliphatic heterocycles. The van der Waals surface area contributed by atoms with Gasteiger partial charge in [-0.1, -0.05) is 134 Å². The monoisotopic (exact) mass is 811 g/mol. The second-order valence-corrected chi connectivity index (χ2v) is 20.1. The van der Waals surface area contributed by atoms with Gasteiger partial charge < -0.3 is 18.4 Å². The molecular weight excluding hydrogens is 765 g/mol. The Morgan fingerprint density at radius 2 is 0.966 bits per heavy atom. The fraction of sp³-hybridized carbons (Fsp3) is 0.137. The van der Waals surface area contributed by atoms with Gasteiger partial charge in [0.25, 0.3) is 0 Å². The fourth-order valence-electron chi connectivity index (χ4n) is 7.86. The van der Waals surface area contributed by atoms with Gasteiger partial charge in [0, 0.05) is 80.4 Å². The van der Waals surface area contributed by atoms with Crippen molar-refractivity contribution in [2.75, 3.05) is 20.2 Å². The van der Waals surface area contributed by atoms with Gasteiger partial charge in [-0.05, 0) is 67.8 Å². The summed E-state index contributed by atoms with van der Waals surface area (Å²) >= 11 is 0. The van der Waals surface area contributed by atoms with Crippen molar-refractivity contribution < 1.29 is 13.9 Å². The van der Waals surface area contributed by atoms with Gasteiger partial charge in [0.15, 0.2) is 14.3 Å². The largest absolute Gasteiger partial charge is 0.494 e. The summed E-state index contributed by atoms with van der Waals surface area (Å²) in [5, 5.41) is 6.41. The maximum atomic E-state index is 15.7. The summed E-state index contributed by atoms with van der Waals surface area (Å²) in [7, 11) is -4.85. The van der Waals surface area contributed by atoms with Gasteiger partial charge in [-0.25, -0.2) is 0 Å². The Morgan fingerprint density at radius 1 is 0.492 bits per heavy atom.